The van der Waals surface area contributed by atoms with E-state index in [-0.39, 0.29) is 11.4 Å². The predicted octanol–water partition coefficient (Wildman–Crippen LogP) is 5.72. The largest absolute Gasteiger partial charge is 0.366 e. The molecule has 0 aromatic heterocycles. The summed E-state index contributed by atoms with van der Waals surface area (Å²) in [6.07, 6.45) is 4.23. The minimum Gasteiger partial charge on any atom is -0.366 e. The molecule has 2 aliphatic rings. The summed E-state index contributed by atoms with van der Waals surface area (Å²) in [7, 11) is 2.12. The monoisotopic (exact) mass is 406 g/mol. The van der Waals surface area contributed by atoms with Crippen molar-refractivity contribution in [3.05, 3.63) is 70.6 Å². The van der Waals surface area contributed by atoms with Crippen molar-refractivity contribution in [2.24, 2.45) is 0 Å². The molecule has 0 atom stereocenters. The van der Waals surface area contributed by atoms with Crippen molar-refractivity contribution in [2.45, 2.75) is 26.3 Å². The lowest BCUT2D eigenvalue weighted by atomic mass is 9.88. The van der Waals surface area contributed by atoms with Gasteiger partial charge in [0.2, 0.25) is 0 Å². The zero-order chi connectivity index (χ0) is 20.1. The number of fused-ring (bicyclic) bond motifs is 1. The van der Waals surface area contributed by atoms with Gasteiger partial charge in [-0.05, 0) is 62.2 Å². The van der Waals surface area contributed by atoms with E-state index < -0.39 is 0 Å². The van der Waals surface area contributed by atoms with Gasteiger partial charge in [0.25, 0.3) is 5.91 Å². The first kappa shape index (κ1) is 19.0. The number of allylic oxidation sites excluding steroid dienone is 1. The number of anilines is 2. The van der Waals surface area contributed by atoms with Crippen LogP contribution in [0.4, 0.5) is 11.4 Å². The molecule has 2 aliphatic heterocycles. The number of para-hydroxylation sites is 1. The molecule has 1 fully saturated rings. The van der Waals surface area contributed by atoms with Crippen molar-refractivity contribution in [3.63, 3.8) is 0 Å². The van der Waals surface area contributed by atoms with Gasteiger partial charge in [0.05, 0.1) is 16.1 Å². The first-order chi connectivity index (χ1) is 13.3. The van der Waals surface area contributed by atoms with Gasteiger partial charge >= 0.3 is 0 Å². The Balaban J connectivity index is 1.69. The highest BCUT2D eigenvalue weighted by atomic mass is 32.2. The number of amides is 1. The number of hydrogen-bond donors (Lipinski definition) is 0. The van der Waals surface area contributed by atoms with Crippen LogP contribution in [0.1, 0.15) is 31.9 Å². The molecule has 2 heterocycles. The molecular weight excluding hydrogens is 384 g/mol. The van der Waals surface area contributed by atoms with E-state index in [1.165, 1.54) is 28.6 Å². The first-order valence-electron chi connectivity index (χ1n) is 9.19. The van der Waals surface area contributed by atoms with Crippen molar-refractivity contribution in [3.8, 4) is 0 Å². The van der Waals surface area contributed by atoms with Crippen LogP contribution in [0.2, 0.25) is 0 Å². The van der Waals surface area contributed by atoms with E-state index in [0.29, 0.717) is 9.23 Å². The third-order valence-corrected chi connectivity index (χ3v) is 6.65. The van der Waals surface area contributed by atoms with Crippen LogP contribution >= 0.6 is 24.0 Å². The number of nitrogens with zero attached hydrogens (tertiary/aromatic N) is 2. The second-order valence-electron chi connectivity index (χ2n) is 7.67. The fourth-order valence-electron chi connectivity index (χ4n) is 3.69. The number of benzene rings is 2. The topological polar surface area (TPSA) is 23.6 Å². The van der Waals surface area contributed by atoms with Gasteiger partial charge in [-0.1, -0.05) is 54.3 Å². The number of likely N-dealkylation sites (N-methyl/N-ethyl adjacent to an activating group) is 1. The molecule has 0 bridgehead atoms. The predicted molar refractivity (Wildman–Crippen MR) is 125 cm³/mol. The van der Waals surface area contributed by atoms with Crippen LogP contribution in [0, 0.1) is 0 Å². The molecule has 3 nitrogen and oxygen atoms in total. The van der Waals surface area contributed by atoms with Crippen molar-refractivity contribution in [2.75, 3.05) is 16.8 Å². The zero-order valence-electron chi connectivity index (χ0n) is 16.4. The number of carbonyl (C=O) groups is 1. The number of thioether (sulfide) groups is 1. The lowest BCUT2D eigenvalue weighted by Crippen LogP contribution is -2.42. The Morgan fingerprint density at radius 1 is 1.11 bits per heavy atom. The van der Waals surface area contributed by atoms with Gasteiger partial charge in [-0.15, -0.1) is 0 Å². The molecule has 0 saturated carbocycles. The summed E-state index contributed by atoms with van der Waals surface area (Å²) in [6, 6.07) is 15.9. The lowest BCUT2D eigenvalue weighted by Gasteiger charge is -2.40. The third kappa shape index (κ3) is 3.19. The summed E-state index contributed by atoms with van der Waals surface area (Å²) in [6.45, 7) is 6.57. The normalized spacial score (nSPS) is 19.9. The van der Waals surface area contributed by atoms with Gasteiger partial charge in [0.15, 0.2) is 4.32 Å². The molecule has 0 radical (unpaired) electrons. The number of rotatable bonds is 2. The highest BCUT2D eigenvalue weighted by Gasteiger charge is 2.33. The van der Waals surface area contributed by atoms with E-state index >= 15 is 0 Å². The average Bonchev–Trinajstić information content (AvgIpc) is 2.93. The fraction of sp³-hybridized carbons (Fsp3) is 0.217. The molecule has 142 valence electrons. The van der Waals surface area contributed by atoms with E-state index in [1.54, 1.807) is 4.90 Å². The average molecular weight is 407 g/mol. The second kappa shape index (κ2) is 6.90. The van der Waals surface area contributed by atoms with E-state index in [4.69, 9.17) is 12.2 Å². The molecule has 2 aromatic rings. The van der Waals surface area contributed by atoms with Crippen molar-refractivity contribution in [1.82, 2.24) is 0 Å². The molecule has 0 spiro atoms. The minimum absolute atomic E-state index is 0.0172. The van der Waals surface area contributed by atoms with Crippen LogP contribution in [0.15, 0.2) is 59.5 Å². The smallest absolute Gasteiger partial charge is 0.270 e. The SMILES string of the molecule is CC1=CC(C)(C)N(C)c2ccc(/C=C3\SC(=S)N(c4ccccc4)C3=O)cc21. The van der Waals surface area contributed by atoms with Crippen molar-refractivity contribution in [1.29, 1.82) is 0 Å². The molecule has 0 unspecified atom stereocenters. The molecule has 2 aromatic carbocycles. The van der Waals surface area contributed by atoms with Crippen molar-refractivity contribution < 1.29 is 4.79 Å². The standard InChI is InChI=1S/C23H22N2OS2/c1-15-14-23(2,3)24(4)19-11-10-16(12-18(15)19)13-20-21(26)25(22(27)28-20)17-8-6-5-7-9-17/h5-14H,1-4H3/b20-13-. The molecule has 0 aliphatic carbocycles. The number of thiocarbonyl (C=S) groups is 1. The molecule has 4 rings (SSSR count). The molecule has 1 saturated heterocycles. The summed E-state index contributed by atoms with van der Waals surface area (Å²) in [5, 5.41) is 0. The highest BCUT2D eigenvalue weighted by Crippen LogP contribution is 2.40. The highest BCUT2D eigenvalue weighted by molar-refractivity contribution is 8.27. The van der Waals surface area contributed by atoms with Crippen LogP contribution in [0.3, 0.4) is 0 Å². The van der Waals surface area contributed by atoms with Gasteiger partial charge in [-0.2, -0.15) is 0 Å². The molecule has 1 amide bonds. The summed E-state index contributed by atoms with van der Waals surface area (Å²) >= 11 is 6.81. The maximum atomic E-state index is 12.9. The maximum Gasteiger partial charge on any atom is 0.270 e. The van der Waals surface area contributed by atoms with Gasteiger partial charge in [0, 0.05) is 18.3 Å². The number of hydrogen-bond acceptors (Lipinski definition) is 4. The fourth-order valence-corrected chi connectivity index (χ4v) is 4.98. The Bertz CT molecular complexity index is 1040. The van der Waals surface area contributed by atoms with E-state index in [9.17, 15) is 4.79 Å². The summed E-state index contributed by atoms with van der Waals surface area (Å²) in [4.78, 5) is 17.5. The van der Waals surface area contributed by atoms with Crippen LogP contribution < -0.4 is 9.80 Å². The summed E-state index contributed by atoms with van der Waals surface area (Å²) in [5.41, 5.74) is 5.46. The Morgan fingerprint density at radius 2 is 1.82 bits per heavy atom. The number of carbonyl (C=O) groups excluding carboxylic acids is 1. The zero-order valence-corrected chi connectivity index (χ0v) is 18.0. The van der Waals surface area contributed by atoms with Crippen molar-refractivity contribution >= 4 is 57.2 Å². The van der Waals surface area contributed by atoms with Gasteiger partial charge in [-0.3, -0.25) is 9.69 Å². The third-order valence-electron chi connectivity index (χ3n) is 5.35. The maximum absolute atomic E-state index is 12.9. The summed E-state index contributed by atoms with van der Waals surface area (Å²) in [5.74, 6) is -0.0653. The van der Waals surface area contributed by atoms with Crippen LogP contribution in [0.25, 0.3) is 11.6 Å². The Hall–Kier alpha value is -2.37. The van der Waals surface area contributed by atoms with Crippen LogP contribution in [0.5, 0.6) is 0 Å². The molecule has 0 N–H and O–H groups in total. The Labute approximate surface area is 175 Å². The van der Waals surface area contributed by atoms with Gasteiger partial charge < -0.3 is 4.90 Å². The van der Waals surface area contributed by atoms with Gasteiger partial charge in [-0.25, -0.2) is 0 Å². The Morgan fingerprint density at radius 3 is 2.54 bits per heavy atom. The molecular formula is C23H22N2OS2. The van der Waals surface area contributed by atoms with Crippen LogP contribution in [-0.4, -0.2) is 22.8 Å². The molecule has 28 heavy (non-hydrogen) atoms. The Kier molecular flexibility index (Phi) is 4.68. The van der Waals surface area contributed by atoms with E-state index in [1.807, 2.05) is 36.4 Å². The van der Waals surface area contributed by atoms with Gasteiger partial charge in [0.1, 0.15) is 0 Å². The second-order valence-corrected chi connectivity index (χ2v) is 9.35. The lowest BCUT2D eigenvalue weighted by molar-refractivity contribution is -0.113. The first-order valence-corrected chi connectivity index (χ1v) is 10.4. The summed E-state index contributed by atoms with van der Waals surface area (Å²) < 4.78 is 0.568. The minimum atomic E-state index is -0.0653. The van der Waals surface area contributed by atoms with E-state index in [2.05, 4.69) is 57.0 Å². The molecule has 5 heteroatoms. The quantitative estimate of drug-likeness (QED) is 0.470. The van der Waals surface area contributed by atoms with Crippen LogP contribution in [-0.2, 0) is 4.79 Å². The van der Waals surface area contributed by atoms with E-state index in [0.717, 1.165) is 11.3 Å².